The zero-order valence-electron chi connectivity index (χ0n) is 11.2. The molecule has 0 saturated heterocycles. The third-order valence-electron chi connectivity index (χ3n) is 3.37. The van der Waals surface area contributed by atoms with Crippen molar-refractivity contribution in [3.05, 3.63) is 0 Å². The summed E-state index contributed by atoms with van der Waals surface area (Å²) in [5.41, 5.74) is 2.66. The smallest absolute Gasteiger partial charge is 0.205 e. The molecule has 0 radical (unpaired) electrons. The van der Waals surface area contributed by atoms with Gasteiger partial charge in [0.1, 0.15) is 0 Å². The molecule has 0 heterocycles. The zero-order valence-corrected chi connectivity index (χ0v) is 11.2. The van der Waals surface area contributed by atoms with Crippen molar-refractivity contribution in [2.24, 2.45) is 10.8 Å². The molecule has 1 rings (SSSR count). The largest absolute Gasteiger partial charge is 0.353 e. The second-order valence-corrected chi connectivity index (χ2v) is 4.75. The fourth-order valence-electron chi connectivity index (χ4n) is 2.06. The maximum absolute atomic E-state index is 5.48. The molecule has 1 fully saturated rings. The second-order valence-electron chi connectivity index (χ2n) is 4.75. The lowest BCUT2D eigenvalue weighted by Gasteiger charge is -2.24. The van der Waals surface area contributed by atoms with Crippen molar-refractivity contribution in [3.63, 3.8) is 0 Å². The normalized spacial score (nSPS) is 18.5. The van der Waals surface area contributed by atoms with Crippen LogP contribution in [-0.4, -0.2) is 43.6 Å². The van der Waals surface area contributed by atoms with Gasteiger partial charge in [0.25, 0.3) is 0 Å². The van der Waals surface area contributed by atoms with Crippen LogP contribution >= 0.6 is 0 Å². The molecule has 0 spiro atoms. The summed E-state index contributed by atoms with van der Waals surface area (Å²) in [5, 5.41) is 3.39. The standard InChI is InChI=1S/C12H27N5/c1-3-17(2)10-9-14-12(16-13)15-11-7-5-4-6-8-11/h11H,3-10,13H2,1-2H3,(H2,14,15,16). The van der Waals surface area contributed by atoms with Crippen molar-refractivity contribution in [3.8, 4) is 0 Å². The van der Waals surface area contributed by atoms with Gasteiger partial charge in [-0.25, -0.2) is 5.84 Å². The quantitative estimate of drug-likeness (QED) is 0.287. The fraction of sp³-hybridized carbons (Fsp3) is 0.917. The van der Waals surface area contributed by atoms with E-state index in [9.17, 15) is 0 Å². The van der Waals surface area contributed by atoms with E-state index in [0.29, 0.717) is 6.04 Å². The van der Waals surface area contributed by atoms with Crippen LogP contribution in [-0.2, 0) is 0 Å². The van der Waals surface area contributed by atoms with Gasteiger partial charge in [-0.2, -0.15) is 0 Å². The van der Waals surface area contributed by atoms with Gasteiger partial charge in [-0.3, -0.25) is 10.4 Å². The van der Waals surface area contributed by atoms with E-state index < -0.39 is 0 Å². The van der Waals surface area contributed by atoms with E-state index in [1.54, 1.807) is 0 Å². The Kier molecular flexibility index (Phi) is 6.96. The number of rotatable bonds is 5. The number of guanidine groups is 1. The maximum Gasteiger partial charge on any atom is 0.205 e. The van der Waals surface area contributed by atoms with Crippen molar-refractivity contribution in [2.75, 3.05) is 26.7 Å². The minimum atomic E-state index is 0.544. The lowest BCUT2D eigenvalue weighted by atomic mass is 9.96. The first-order valence-corrected chi connectivity index (χ1v) is 6.72. The van der Waals surface area contributed by atoms with Gasteiger partial charge in [0.15, 0.2) is 0 Å². The van der Waals surface area contributed by atoms with Crippen LogP contribution in [0.25, 0.3) is 0 Å². The van der Waals surface area contributed by atoms with Crippen LogP contribution < -0.4 is 16.6 Å². The Morgan fingerprint density at radius 3 is 2.65 bits per heavy atom. The highest BCUT2D eigenvalue weighted by Gasteiger charge is 2.13. The summed E-state index contributed by atoms with van der Waals surface area (Å²) in [7, 11) is 2.10. The minimum absolute atomic E-state index is 0.544. The topological polar surface area (TPSA) is 65.7 Å². The van der Waals surface area contributed by atoms with E-state index in [2.05, 4.69) is 34.6 Å². The summed E-state index contributed by atoms with van der Waals surface area (Å²) in [6, 6.07) is 0.544. The first-order chi connectivity index (χ1) is 8.26. The molecule has 5 nitrogen and oxygen atoms in total. The van der Waals surface area contributed by atoms with E-state index in [4.69, 9.17) is 5.84 Å². The minimum Gasteiger partial charge on any atom is -0.353 e. The highest BCUT2D eigenvalue weighted by molar-refractivity contribution is 5.79. The molecule has 4 N–H and O–H groups in total. The molecule has 1 saturated carbocycles. The van der Waals surface area contributed by atoms with Gasteiger partial charge in [0.05, 0.1) is 6.54 Å². The SMILES string of the molecule is CCN(C)CCN=C(NN)NC1CCCCC1. The average molecular weight is 241 g/mol. The van der Waals surface area contributed by atoms with E-state index in [1.165, 1.54) is 32.1 Å². The molecule has 1 aliphatic rings. The summed E-state index contributed by atoms with van der Waals surface area (Å²) >= 11 is 0. The van der Waals surface area contributed by atoms with Crippen LogP contribution in [0.15, 0.2) is 4.99 Å². The molecule has 17 heavy (non-hydrogen) atoms. The average Bonchev–Trinajstić information content (AvgIpc) is 2.38. The molecular formula is C12H27N5. The van der Waals surface area contributed by atoms with Gasteiger partial charge in [0.2, 0.25) is 5.96 Å². The number of nitrogens with two attached hydrogens (primary N) is 1. The predicted molar refractivity (Wildman–Crippen MR) is 72.8 cm³/mol. The lowest BCUT2D eigenvalue weighted by molar-refractivity contribution is 0.362. The first-order valence-electron chi connectivity index (χ1n) is 6.72. The van der Waals surface area contributed by atoms with Gasteiger partial charge in [-0.15, -0.1) is 0 Å². The van der Waals surface area contributed by atoms with E-state index in [0.717, 1.165) is 25.6 Å². The van der Waals surface area contributed by atoms with Crippen LogP contribution in [0.3, 0.4) is 0 Å². The maximum atomic E-state index is 5.48. The van der Waals surface area contributed by atoms with Crippen molar-refractivity contribution >= 4 is 5.96 Å². The Morgan fingerprint density at radius 1 is 1.35 bits per heavy atom. The van der Waals surface area contributed by atoms with Gasteiger partial charge in [0, 0.05) is 12.6 Å². The van der Waals surface area contributed by atoms with E-state index >= 15 is 0 Å². The second kappa shape index (κ2) is 8.31. The van der Waals surface area contributed by atoms with Crippen LogP contribution in [0.4, 0.5) is 0 Å². The number of nitrogens with zero attached hydrogens (tertiary/aromatic N) is 2. The molecule has 5 heteroatoms. The summed E-state index contributed by atoms with van der Waals surface area (Å²) in [4.78, 5) is 6.69. The van der Waals surface area contributed by atoms with Crippen LogP contribution in [0.2, 0.25) is 0 Å². The molecule has 0 aromatic carbocycles. The van der Waals surface area contributed by atoms with Crippen molar-refractivity contribution in [2.45, 2.75) is 45.1 Å². The van der Waals surface area contributed by atoms with Gasteiger partial charge >= 0.3 is 0 Å². The Bertz CT molecular complexity index is 223. The molecule has 0 atom stereocenters. The molecular weight excluding hydrogens is 214 g/mol. The number of likely N-dealkylation sites (N-methyl/N-ethyl adjacent to an activating group) is 1. The Balaban J connectivity index is 2.28. The highest BCUT2D eigenvalue weighted by atomic mass is 15.3. The number of hydrogen-bond donors (Lipinski definition) is 3. The molecule has 0 aromatic rings. The number of hydrazine groups is 1. The van der Waals surface area contributed by atoms with E-state index in [-0.39, 0.29) is 0 Å². The van der Waals surface area contributed by atoms with Crippen molar-refractivity contribution in [1.82, 2.24) is 15.6 Å². The van der Waals surface area contributed by atoms with Gasteiger partial charge in [-0.1, -0.05) is 26.2 Å². The molecule has 100 valence electrons. The third kappa shape index (κ3) is 5.89. The Morgan fingerprint density at radius 2 is 2.06 bits per heavy atom. The zero-order chi connectivity index (χ0) is 12.5. The number of hydrogen-bond acceptors (Lipinski definition) is 3. The summed E-state index contributed by atoms with van der Waals surface area (Å²) in [5.74, 6) is 6.22. The predicted octanol–water partition coefficient (Wildman–Crippen LogP) is 0.680. The number of nitrogens with one attached hydrogen (secondary N) is 2. The third-order valence-corrected chi connectivity index (χ3v) is 3.37. The van der Waals surface area contributed by atoms with Crippen LogP contribution in [0, 0.1) is 0 Å². The highest BCUT2D eigenvalue weighted by Crippen LogP contribution is 2.16. The van der Waals surface area contributed by atoms with Crippen LogP contribution in [0.5, 0.6) is 0 Å². The fourth-order valence-corrected chi connectivity index (χ4v) is 2.06. The summed E-state index contributed by atoms with van der Waals surface area (Å²) in [6.45, 7) is 4.95. The van der Waals surface area contributed by atoms with Gasteiger partial charge < -0.3 is 10.2 Å². The Hall–Kier alpha value is -0.810. The van der Waals surface area contributed by atoms with Crippen molar-refractivity contribution < 1.29 is 0 Å². The molecule has 0 aliphatic heterocycles. The number of aliphatic imine (C=N–C) groups is 1. The summed E-state index contributed by atoms with van der Waals surface area (Å²) in [6.07, 6.45) is 6.45. The summed E-state index contributed by atoms with van der Waals surface area (Å²) < 4.78 is 0. The molecule has 0 bridgehead atoms. The Labute approximate surface area is 105 Å². The monoisotopic (exact) mass is 241 g/mol. The molecule has 0 aromatic heterocycles. The van der Waals surface area contributed by atoms with E-state index in [1.807, 2.05) is 0 Å². The van der Waals surface area contributed by atoms with Gasteiger partial charge in [-0.05, 0) is 26.4 Å². The van der Waals surface area contributed by atoms with Crippen LogP contribution in [0.1, 0.15) is 39.0 Å². The first kappa shape index (κ1) is 14.3. The lowest BCUT2D eigenvalue weighted by Crippen LogP contribution is -2.47. The molecule has 1 aliphatic carbocycles. The van der Waals surface area contributed by atoms with Crippen molar-refractivity contribution in [1.29, 1.82) is 0 Å². The molecule has 0 amide bonds. The molecule has 0 unspecified atom stereocenters.